The van der Waals surface area contributed by atoms with Gasteiger partial charge in [-0.1, -0.05) is 105 Å². The molecule has 0 atom stereocenters. The standard InChI is InChI=1S/C30H46FO2P/c1-21-13-15-25(23(17-21)29(9,10)19-27(3,4)5)32-34(31)33-26-16-14-22(2)18-24(26)30(11,12)20-28(6,7)8/h13-18H,19-20H2,1-12H3. The monoisotopic (exact) mass is 488 g/mol. The molecule has 0 aliphatic rings. The van der Waals surface area contributed by atoms with E-state index in [1.165, 1.54) is 0 Å². The second kappa shape index (κ2) is 10.2. The molecule has 0 saturated carbocycles. The zero-order valence-electron chi connectivity index (χ0n) is 23.5. The molecule has 190 valence electrons. The first-order valence-electron chi connectivity index (χ1n) is 12.3. The van der Waals surface area contributed by atoms with E-state index in [2.05, 4.69) is 95.2 Å². The second-order valence-electron chi connectivity index (χ2n) is 13.6. The van der Waals surface area contributed by atoms with Crippen molar-refractivity contribution in [2.45, 2.75) is 107 Å². The fourth-order valence-electron chi connectivity index (χ4n) is 5.52. The van der Waals surface area contributed by atoms with Crippen molar-refractivity contribution in [1.29, 1.82) is 0 Å². The summed E-state index contributed by atoms with van der Waals surface area (Å²) in [6.07, 6.45) is 1.90. The minimum Gasteiger partial charge on any atom is -0.414 e. The van der Waals surface area contributed by atoms with E-state index < -0.39 is 8.69 Å². The fourth-order valence-corrected chi connectivity index (χ4v) is 6.18. The molecule has 34 heavy (non-hydrogen) atoms. The van der Waals surface area contributed by atoms with Crippen LogP contribution in [0.1, 0.15) is 104 Å². The summed E-state index contributed by atoms with van der Waals surface area (Å²) in [4.78, 5) is 0. The smallest absolute Gasteiger partial charge is 0.414 e. The number of rotatable bonds is 8. The quantitative estimate of drug-likeness (QED) is 0.344. The molecule has 0 amide bonds. The number of aryl methyl sites for hydroxylation is 2. The number of halogens is 1. The van der Waals surface area contributed by atoms with Crippen LogP contribution in [-0.2, 0) is 10.8 Å². The Kier molecular flexibility index (Phi) is 8.57. The van der Waals surface area contributed by atoms with Crippen LogP contribution >= 0.6 is 8.69 Å². The Morgan fingerprint density at radius 2 is 0.941 bits per heavy atom. The van der Waals surface area contributed by atoms with Crippen molar-refractivity contribution in [1.82, 2.24) is 0 Å². The van der Waals surface area contributed by atoms with Crippen molar-refractivity contribution in [2.75, 3.05) is 0 Å². The van der Waals surface area contributed by atoms with E-state index in [-0.39, 0.29) is 21.7 Å². The second-order valence-corrected chi connectivity index (χ2v) is 14.4. The molecule has 0 spiro atoms. The first-order chi connectivity index (χ1) is 15.3. The molecule has 2 nitrogen and oxygen atoms in total. The predicted octanol–water partition coefficient (Wildman–Crippen LogP) is 10.4. The lowest BCUT2D eigenvalue weighted by molar-refractivity contribution is 0.279. The van der Waals surface area contributed by atoms with Gasteiger partial charge in [0.15, 0.2) is 0 Å². The van der Waals surface area contributed by atoms with Crippen molar-refractivity contribution in [2.24, 2.45) is 10.8 Å². The van der Waals surface area contributed by atoms with Crippen molar-refractivity contribution >= 4 is 8.69 Å². The lowest BCUT2D eigenvalue weighted by atomic mass is 9.72. The van der Waals surface area contributed by atoms with Crippen LogP contribution in [-0.4, -0.2) is 0 Å². The van der Waals surface area contributed by atoms with Gasteiger partial charge in [0.25, 0.3) is 0 Å². The van der Waals surface area contributed by atoms with Gasteiger partial charge in [0, 0.05) is 11.1 Å². The van der Waals surface area contributed by atoms with Crippen LogP contribution in [0.2, 0.25) is 0 Å². The molecule has 0 aliphatic carbocycles. The maximum absolute atomic E-state index is 15.4. The topological polar surface area (TPSA) is 18.5 Å². The summed E-state index contributed by atoms with van der Waals surface area (Å²) < 4.78 is 27.2. The van der Waals surface area contributed by atoms with Crippen molar-refractivity contribution in [3.05, 3.63) is 58.7 Å². The summed E-state index contributed by atoms with van der Waals surface area (Å²) in [6, 6.07) is 11.9. The largest absolute Gasteiger partial charge is 0.505 e. The molecule has 0 radical (unpaired) electrons. The van der Waals surface area contributed by atoms with Gasteiger partial charge < -0.3 is 9.05 Å². The molecule has 2 rings (SSSR count). The van der Waals surface area contributed by atoms with Crippen LogP contribution in [0.25, 0.3) is 0 Å². The average molecular weight is 489 g/mol. The van der Waals surface area contributed by atoms with E-state index in [1.807, 2.05) is 24.3 Å². The Morgan fingerprint density at radius 3 is 1.24 bits per heavy atom. The fraction of sp³-hybridized carbons (Fsp3) is 0.600. The first kappa shape index (κ1) is 28.6. The SMILES string of the molecule is Cc1ccc(OP(F)Oc2ccc(C)cc2C(C)(C)CC(C)(C)C)c(C(C)(C)CC(C)(C)C)c1. The lowest BCUT2D eigenvalue weighted by Crippen LogP contribution is -2.26. The predicted molar refractivity (Wildman–Crippen MR) is 146 cm³/mol. The van der Waals surface area contributed by atoms with Gasteiger partial charge in [-0.05, 0) is 60.5 Å². The molecule has 2 aromatic carbocycles. The summed E-state index contributed by atoms with van der Waals surface area (Å²) in [6.45, 7) is 26.3. The van der Waals surface area contributed by atoms with Crippen LogP contribution in [0.15, 0.2) is 36.4 Å². The molecule has 2 aromatic rings. The highest BCUT2D eigenvalue weighted by Gasteiger charge is 2.33. The van der Waals surface area contributed by atoms with Gasteiger partial charge >= 0.3 is 8.69 Å². The van der Waals surface area contributed by atoms with Gasteiger partial charge in [-0.3, -0.25) is 0 Å². The Labute approximate surface area is 209 Å². The van der Waals surface area contributed by atoms with Crippen molar-refractivity contribution in [3.63, 3.8) is 0 Å². The third-order valence-electron chi connectivity index (χ3n) is 6.01. The van der Waals surface area contributed by atoms with Gasteiger partial charge in [0.2, 0.25) is 0 Å². The van der Waals surface area contributed by atoms with Gasteiger partial charge in [-0.15, -0.1) is 4.20 Å². The first-order valence-corrected chi connectivity index (χ1v) is 13.4. The summed E-state index contributed by atoms with van der Waals surface area (Å²) in [7, 11) is -2.65. The molecule has 0 heterocycles. The molecule has 0 fully saturated rings. The van der Waals surface area contributed by atoms with Crippen LogP contribution in [0.4, 0.5) is 4.20 Å². The molecule has 4 heteroatoms. The Bertz CT molecular complexity index is 901. The average Bonchev–Trinajstić information content (AvgIpc) is 2.60. The maximum Gasteiger partial charge on any atom is 0.505 e. The molecule has 0 unspecified atom stereocenters. The van der Waals surface area contributed by atoms with Gasteiger partial charge in [0.05, 0.1) is 0 Å². The van der Waals surface area contributed by atoms with Gasteiger partial charge in [0.1, 0.15) is 11.5 Å². The minimum absolute atomic E-state index is 0.136. The van der Waals surface area contributed by atoms with Crippen LogP contribution in [0, 0.1) is 24.7 Å². The maximum atomic E-state index is 15.4. The summed E-state index contributed by atoms with van der Waals surface area (Å²) in [5.74, 6) is 1.13. The van der Waals surface area contributed by atoms with Crippen LogP contribution in [0.3, 0.4) is 0 Å². The Balaban J connectivity index is 2.35. The highest BCUT2D eigenvalue weighted by Crippen LogP contribution is 2.49. The van der Waals surface area contributed by atoms with E-state index in [4.69, 9.17) is 9.05 Å². The number of hydrogen-bond donors (Lipinski definition) is 0. The molecule has 0 aliphatic heterocycles. The van der Waals surface area contributed by atoms with Gasteiger partial charge in [-0.25, -0.2) is 0 Å². The highest BCUT2D eigenvalue weighted by atomic mass is 31.2. The van der Waals surface area contributed by atoms with E-state index in [0.29, 0.717) is 11.5 Å². The van der Waals surface area contributed by atoms with Crippen molar-refractivity contribution < 1.29 is 13.2 Å². The van der Waals surface area contributed by atoms with E-state index >= 15 is 4.20 Å². The number of benzene rings is 2. The lowest BCUT2D eigenvalue weighted by Gasteiger charge is -2.35. The van der Waals surface area contributed by atoms with E-state index in [1.54, 1.807) is 0 Å². The molecule has 0 saturated heterocycles. The third-order valence-corrected chi connectivity index (χ3v) is 6.69. The van der Waals surface area contributed by atoms with E-state index in [0.717, 1.165) is 35.1 Å². The molecular formula is C30H46FO2P. The summed E-state index contributed by atoms with van der Waals surface area (Å²) >= 11 is 0. The Morgan fingerprint density at radius 1 is 0.618 bits per heavy atom. The summed E-state index contributed by atoms with van der Waals surface area (Å²) in [5, 5.41) is 0. The normalized spacial score (nSPS) is 13.4. The van der Waals surface area contributed by atoms with E-state index in [9.17, 15) is 0 Å². The number of hydrogen-bond acceptors (Lipinski definition) is 2. The highest BCUT2D eigenvalue weighted by molar-refractivity contribution is 7.42. The zero-order valence-corrected chi connectivity index (χ0v) is 24.4. The Hall–Kier alpha value is -1.60. The zero-order chi connectivity index (χ0) is 26.1. The molecular weight excluding hydrogens is 442 g/mol. The third kappa shape index (κ3) is 8.26. The molecule has 0 bridgehead atoms. The van der Waals surface area contributed by atoms with Gasteiger partial charge in [-0.2, -0.15) is 0 Å². The molecule has 0 aromatic heterocycles. The van der Waals surface area contributed by atoms with Crippen LogP contribution in [0.5, 0.6) is 11.5 Å². The summed E-state index contributed by atoms with van der Waals surface area (Å²) in [5.41, 5.74) is 4.25. The molecule has 0 N–H and O–H groups in total. The van der Waals surface area contributed by atoms with Crippen LogP contribution < -0.4 is 9.05 Å². The van der Waals surface area contributed by atoms with Crippen molar-refractivity contribution in [3.8, 4) is 11.5 Å². The minimum atomic E-state index is -2.65.